The van der Waals surface area contributed by atoms with E-state index in [0.717, 1.165) is 35.4 Å². The van der Waals surface area contributed by atoms with E-state index >= 15 is 0 Å². The SMILES string of the molecule is CCCOc1cc(OC)ccc1CBr. The quantitative estimate of drug-likeness (QED) is 0.755. The third kappa shape index (κ3) is 2.91. The van der Waals surface area contributed by atoms with Gasteiger partial charge in [0, 0.05) is 17.0 Å². The van der Waals surface area contributed by atoms with E-state index in [4.69, 9.17) is 9.47 Å². The van der Waals surface area contributed by atoms with Crippen LogP contribution in [0.25, 0.3) is 0 Å². The second-order valence-corrected chi connectivity index (χ2v) is 3.52. The number of halogens is 1. The monoisotopic (exact) mass is 258 g/mol. The highest BCUT2D eigenvalue weighted by Crippen LogP contribution is 2.26. The maximum absolute atomic E-state index is 5.61. The van der Waals surface area contributed by atoms with Crippen LogP contribution in [0, 0.1) is 0 Å². The van der Waals surface area contributed by atoms with Crippen molar-refractivity contribution >= 4 is 15.9 Å². The summed E-state index contributed by atoms with van der Waals surface area (Å²) in [7, 11) is 1.66. The van der Waals surface area contributed by atoms with Crippen molar-refractivity contribution in [2.45, 2.75) is 18.7 Å². The Bertz CT molecular complexity index is 287. The maximum Gasteiger partial charge on any atom is 0.127 e. The van der Waals surface area contributed by atoms with Gasteiger partial charge in [-0.25, -0.2) is 0 Å². The Balaban J connectivity index is 2.84. The molecule has 0 aliphatic rings. The van der Waals surface area contributed by atoms with Crippen LogP contribution in [0.15, 0.2) is 18.2 Å². The van der Waals surface area contributed by atoms with Gasteiger partial charge in [-0.3, -0.25) is 0 Å². The second kappa shape index (κ2) is 5.91. The third-order valence-corrected chi connectivity index (χ3v) is 2.48. The molecule has 0 aromatic heterocycles. The first-order valence-electron chi connectivity index (χ1n) is 4.67. The Morgan fingerprint density at radius 3 is 2.71 bits per heavy atom. The molecule has 0 heterocycles. The molecule has 0 atom stereocenters. The summed E-state index contributed by atoms with van der Waals surface area (Å²) in [5, 5.41) is 0.802. The normalized spacial score (nSPS) is 9.93. The average molecular weight is 259 g/mol. The van der Waals surface area contributed by atoms with Crippen molar-refractivity contribution in [2.24, 2.45) is 0 Å². The molecule has 78 valence electrons. The van der Waals surface area contributed by atoms with Crippen LogP contribution in [-0.4, -0.2) is 13.7 Å². The Hall–Kier alpha value is -0.700. The predicted octanol–water partition coefficient (Wildman–Crippen LogP) is 3.38. The molecule has 0 radical (unpaired) electrons. The number of hydrogen-bond donors (Lipinski definition) is 0. The number of rotatable bonds is 5. The smallest absolute Gasteiger partial charge is 0.127 e. The minimum Gasteiger partial charge on any atom is -0.497 e. The molecule has 0 fully saturated rings. The second-order valence-electron chi connectivity index (χ2n) is 2.96. The highest BCUT2D eigenvalue weighted by Gasteiger charge is 2.03. The van der Waals surface area contributed by atoms with Gasteiger partial charge in [0.2, 0.25) is 0 Å². The molecule has 1 aromatic carbocycles. The van der Waals surface area contributed by atoms with Gasteiger partial charge in [0.05, 0.1) is 13.7 Å². The molecule has 1 aromatic rings. The molecule has 0 unspecified atom stereocenters. The number of ether oxygens (including phenoxy) is 2. The van der Waals surface area contributed by atoms with Gasteiger partial charge in [-0.05, 0) is 12.5 Å². The van der Waals surface area contributed by atoms with Crippen molar-refractivity contribution in [3.63, 3.8) is 0 Å². The fourth-order valence-corrected chi connectivity index (χ4v) is 1.58. The summed E-state index contributed by atoms with van der Waals surface area (Å²) in [6.45, 7) is 2.83. The van der Waals surface area contributed by atoms with Crippen molar-refractivity contribution in [3.8, 4) is 11.5 Å². The largest absolute Gasteiger partial charge is 0.497 e. The first-order chi connectivity index (χ1) is 6.81. The van der Waals surface area contributed by atoms with E-state index in [1.54, 1.807) is 7.11 Å². The zero-order valence-corrected chi connectivity index (χ0v) is 10.1. The molecule has 1 rings (SSSR count). The zero-order valence-electron chi connectivity index (χ0n) is 8.55. The minimum absolute atomic E-state index is 0.743. The lowest BCUT2D eigenvalue weighted by Gasteiger charge is -2.10. The molecule has 2 nitrogen and oxygen atoms in total. The van der Waals surface area contributed by atoms with Crippen LogP contribution in [0.2, 0.25) is 0 Å². The summed E-state index contributed by atoms with van der Waals surface area (Å²) in [5.41, 5.74) is 1.15. The van der Waals surface area contributed by atoms with Gasteiger partial charge < -0.3 is 9.47 Å². The highest BCUT2D eigenvalue weighted by molar-refractivity contribution is 9.08. The van der Waals surface area contributed by atoms with Crippen LogP contribution in [0.5, 0.6) is 11.5 Å². The van der Waals surface area contributed by atoms with Crippen molar-refractivity contribution in [1.29, 1.82) is 0 Å². The fourth-order valence-electron chi connectivity index (χ4n) is 1.12. The lowest BCUT2D eigenvalue weighted by atomic mass is 10.2. The lowest BCUT2D eigenvalue weighted by molar-refractivity contribution is 0.312. The van der Waals surface area contributed by atoms with Crippen molar-refractivity contribution in [1.82, 2.24) is 0 Å². The van der Waals surface area contributed by atoms with E-state index in [2.05, 4.69) is 22.9 Å². The van der Waals surface area contributed by atoms with Gasteiger partial charge in [-0.1, -0.05) is 28.9 Å². The van der Waals surface area contributed by atoms with Gasteiger partial charge in [-0.2, -0.15) is 0 Å². The van der Waals surface area contributed by atoms with Crippen LogP contribution in [0.4, 0.5) is 0 Å². The highest BCUT2D eigenvalue weighted by atomic mass is 79.9. The van der Waals surface area contributed by atoms with Crippen LogP contribution in [-0.2, 0) is 5.33 Å². The third-order valence-electron chi connectivity index (χ3n) is 1.88. The molecule has 0 saturated heterocycles. The van der Waals surface area contributed by atoms with E-state index in [9.17, 15) is 0 Å². The van der Waals surface area contributed by atoms with E-state index in [1.807, 2.05) is 18.2 Å². The van der Waals surface area contributed by atoms with Crippen LogP contribution in [0.3, 0.4) is 0 Å². The molecular weight excluding hydrogens is 244 g/mol. The minimum atomic E-state index is 0.743. The first kappa shape index (κ1) is 11.4. The molecular formula is C11H15BrO2. The summed E-state index contributed by atoms with van der Waals surface area (Å²) >= 11 is 3.43. The van der Waals surface area contributed by atoms with Gasteiger partial charge in [-0.15, -0.1) is 0 Å². The molecule has 3 heteroatoms. The van der Waals surface area contributed by atoms with E-state index in [0.29, 0.717) is 0 Å². The van der Waals surface area contributed by atoms with E-state index in [-0.39, 0.29) is 0 Å². The van der Waals surface area contributed by atoms with Gasteiger partial charge in [0.25, 0.3) is 0 Å². The van der Waals surface area contributed by atoms with Gasteiger partial charge >= 0.3 is 0 Å². The number of alkyl halides is 1. The standard InChI is InChI=1S/C11H15BrO2/c1-3-6-14-11-7-10(13-2)5-4-9(11)8-12/h4-5,7H,3,6,8H2,1-2H3. The van der Waals surface area contributed by atoms with Crippen molar-refractivity contribution in [2.75, 3.05) is 13.7 Å². The van der Waals surface area contributed by atoms with Gasteiger partial charge in [0.15, 0.2) is 0 Å². The first-order valence-corrected chi connectivity index (χ1v) is 5.79. The van der Waals surface area contributed by atoms with Crippen LogP contribution in [0.1, 0.15) is 18.9 Å². The average Bonchev–Trinajstić information content (AvgIpc) is 2.25. The summed E-state index contributed by atoms with van der Waals surface area (Å²) in [6, 6.07) is 5.88. The number of benzene rings is 1. The van der Waals surface area contributed by atoms with Crippen LogP contribution < -0.4 is 9.47 Å². The molecule has 0 saturated carbocycles. The fraction of sp³-hybridized carbons (Fsp3) is 0.455. The summed E-state index contributed by atoms with van der Waals surface area (Å²) in [4.78, 5) is 0. The Labute approximate surface area is 93.4 Å². The van der Waals surface area contributed by atoms with Gasteiger partial charge in [0.1, 0.15) is 11.5 Å². The summed E-state index contributed by atoms with van der Waals surface area (Å²) < 4.78 is 10.7. The predicted molar refractivity (Wildman–Crippen MR) is 61.4 cm³/mol. The molecule has 0 amide bonds. The summed E-state index contributed by atoms with van der Waals surface area (Å²) in [6.07, 6.45) is 1.01. The number of hydrogen-bond acceptors (Lipinski definition) is 2. The van der Waals surface area contributed by atoms with E-state index in [1.165, 1.54) is 0 Å². The maximum atomic E-state index is 5.61. The lowest BCUT2D eigenvalue weighted by Crippen LogP contribution is -1.98. The molecule has 0 aliphatic carbocycles. The molecule has 14 heavy (non-hydrogen) atoms. The van der Waals surface area contributed by atoms with E-state index < -0.39 is 0 Å². The molecule has 0 N–H and O–H groups in total. The van der Waals surface area contributed by atoms with Crippen LogP contribution >= 0.6 is 15.9 Å². The number of methoxy groups -OCH3 is 1. The Morgan fingerprint density at radius 2 is 2.14 bits per heavy atom. The molecule has 0 aliphatic heterocycles. The Kier molecular flexibility index (Phi) is 4.80. The van der Waals surface area contributed by atoms with Crippen molar-refractivity contribution in [3.05, 3.63) is 23.8 Å². The van der Waals surface area contributed by atoms with Crippen molar-refractivity contribution < 1.29 is 9.47 Å². The molecule has 0 bridgehead atoms. The summed E-state index contributed by atoms with van der Waals surface area (Å²) in [5.74, 6) is 1.74. The topological polar surface area (TPSA) is 18.5 Å². The Morgan fingerprint density at radius 1 is 1.36 bits per heavy atom. The zero-order chi connectivity index (χ0) is 10.4. The molecule has 0 spiro atoms.